The Kier molecular flexibility index (Phi) is 4.25. The zero-order valence-electron chi connectivity index (χ0n) is 11.3. The number of hydrogen-bond acceptors (Lipinski definition) is 4. The second-order valence-corrected chi connectivity index (χ2v) is 8.87. The van der Waals surface area contributed by atoms with Gasteiger partial charge in [-0.25, -0.2) is 18.4 Å². The van der Waals surface area contributed by atoms with Gasteiger partial charge in [0.15, 0.2) is 15.5 Å². The number of halogens is 2. The lowest BCUT2D eigenvalue weighted by atomic mass is 10.1. The zero-order valence-corrected chi connectivity index (χ0v) is 14.5. The van der Waals surface area contributed by atoms with E-state index in [0.717, 1.165) is 21.5 Å². The number of nitrogens with zero attached hydrogens (tertiary/aromatic N) is 3. The van der Waals surface area contributed by atoms with Gasteiger partial charge in [-0.1, -0.05) is 0 Å². The summed E-state index contributed by atoms with van der Waals surface area (Å²) in [4.78, 5) is 9.00. The average molecular weight is 393 g/mol. The van der Waals surface area contributed by atoms with Crippen LogP contribution in [0.3, 0.4) is 0 Å². The first-order valence-corrected chi connectivity index (χ1v) is 9.90. The Balaban J connectivity index is 1.97. The third kappa shape index (κ3) is 3.24. The minimum absolute atomic E-state index is 0.131. The predicted octanol–water partition coefficient (Wildman–Crippen LogP) is 2.41. The van der Waals surface area contributed by atoms with Gasteiger partial charge in [0.05, 0.1) is 11.5 Å². The molecule has 0 bridgehead atoms. The standard InChI is InChI=1S/C13H15BrClN3O2S/c14-10-5-11-13(16-6-10)18(12(17-11)1-3-15)7-9-2-4-21(19,20)8-9/h5-6,9H,1-4,7-8H2. The molecule has 0 radical (unpaired) electrons. The van der Waals surface area contributed by atoms with Crippen molar-refractivity contribution in [2.75, 3.05) is 17.4 Å². The van der Waals surface area contributed by atoms with Crippen molar-refractivity contribution >= 4 is 48.5 Å². The smallest absolute Gasteiger partial charge is 0.160 e. The van der Waals surface area contributed by atoms with E-state index in [1.165, 1.54) is 0 Å². The van der Waals surface area contributed by atoms with Crippen LogP contribution in [0.25, 0.3) is 11.2 Å². The van der Waals surface area contributed by atoms with Crippen molar-refractivity contribution < 1.29 is 8.42 Å². The van der Waals surface area contributed by atoms with Crippen molar-refractivity contribution in [2.24, 2.45) is 5.92 Å². The van der Waals surface area contributed by atoms with E-state index in [9.17, 15) is 8.42 Å². The minimum atomic E-state index is -2.87. The number of sulfone groups is 1. The van der Waals surface area contributed by atoms with Crippen LogP contribution in [0, 0.1) is 5.92 Å². The molecule has 2 aromatic heterocycles. The number of aryl methyl sites for hydroxylation is 1. The molecule has 1 fully saturated rings. The molecule has 2 aromatic rings. The summed E-state index contributed by atoms with van der Waals surface area (Å²) in [5.41, 5.74) is 1.60. The Labute approximate surface area is 136 Å². The van der Waals surface area contributed by atoms with E-state index in [2.05, 4.69) is 25.9 Å². The Morgan fingerprint density at radius 3 is 2.95 bits per heavy atom. The Morgan fingerprint density at radius 1 is 1.48 bits per heavy atom. The highest BCUT2D eigenvalue weighted by atomic mass is 79.9. The molecule has 21 heavy (non-hydrogen) atoms. The highest BCUT2D eigenvalue weighted by Crippen LogP contribution is 2.25. The van der Waals surface area contributed by atoms with E-state index in [-0.39, 0.29) is 17.4 Å². The predicted molar refractivity (Wildman–Crippen MR) is 86.4 cm³/mol. The fraction of sp³-hybridized carbons (Fsp3) is 0.538. The van der Waals surface area contributed by atoms with Gasteiger partial charge in [-0.2, -0.15) is 0 Å². The normalized spacial score (nSPS) is 21.1. The number of hydrogen-bond donors (Lipinski definition) is 0. The topological polar surface area (TPSA) is 64.8 Å². The molecule has 5 nitrogen and oxygen atoms in total. The molecule has 0 saturated carbocycles. The van der Waals surface area contributed by atoms with E-state index >= 15 is 0 Å². The van der Waals surface area contributed by atoms with Gasteiger partial charge in [-0.05, 0) is 34.3 Å². The van der Waals surface area contributed by atoms with Gasteiger partial charge in [0.25, 0.3) is 0 Å². The van der Waals surface area contributed by atoms with Crippen LogP contribution in [0.15, 0.2) is 16.7 Å². The third-order valence-electron chi connectivity index (χ3n) is 3.72. The molecule has 1 aliphatic heterocycles. The lowest BCUT2D eigenvalue weighted by molar-refractivity contribution is 0.486. The second-order valence-electron chi connectivity index (χ2n) is 5.34. The highest BCUT2D eigenvalue weighted by Gasteiger charge is 2.29. The minimum Gasteiger partial charge on any atom is -0.312 e. The van der Waals surface area contributed by atoms with Crippen molar-refractivity contribution in [3.63, 3.8) is 0 Å². The molecule has 0 N–H and O–H groups in total. The van der Waals surface area contributed by atoms with Gasteiger partial charge in [-0.3, -0.25) is 0 Å². The van der Waals surface area contributed by atoms with Crippen molar-refractivity contribution in [1.82, 2.24) is 14.5 Å². The number of imidazole rings is 1. The van der Waals surface area contributed by atoms with Gasteiger partial charge in [0, 0.05) is 29.5 Å². The average Bonchev–Trinajstić information content (AvgIpc) is 2.91. The van der Waals surface area contributed by atoms with E-state index in [4.69, 9.17) is 11.6 Å². The Bertz CT molecular complexity index is 775. The molecule has 0 aliphatic carbocycles. The molecule has 0 amide bonds. The summed E-state index contributed by atoms with van der Waals surface area (Å²) in [7, 11) is -2.87. The van der Waals surface area contributed by atoms with Crippen LogP contribution in [0.5, 0.6) is 0 Å². The number of rotatable bonds is 4. The highest BCUT2D eigenvalue weighted by molar-refractivity contribution is 9.10. The van der Waals surface area contributed by atoms with Crippen molar-refractivity contribution in [2.45, 2.75) is 19.4 Å². The molecule has 1 aliphatic rings. The molecule has 8 heteroatoms. The summed E-state index contributed by atoms with van der Waals surface area (Å²) in [6, 6.07) is 1.92. The molecule has 1 atom stereocenters. The fourth-order valence-electron chi connectivity index (χ4n) is 2.77. The van der Waals surface area contributed by atoms with Gasteiger partial charge < -0.3 is 4.57 Å². The second kappa shape index (κ2) is 5.85. The Morgan fingerprint density at radius 2 is 2.29 bits per heavy atom. The van der Waals surface area contributed by atoms with E-state index in [1.54, 1.807) is 6.20 Å². The maximum Gasteiger partial charge on any atom is 0.160 e. The monoisotopic (exact) mass is 391 g/mol. The summed E-state index contributed by atoms with van der Waals surface area (Å²) in [5, 5.41) is 0. The molecule has 114 valence electrons. The van der Waals surface area contributed by atoms with Crippen molar-refractivity contribution in [3.8, 4) is 0 Å². The van der Waals surface area contributed by atoms with Gasteiger partial charge in [0.2, 0.25) is 0 Å². The number of pyridine rings is 1. The first kappa shape index (κ1) is 15.2. The molecule has 0 aromatic carbocycles. The summed E-state index contributed by atoms with van der Waals surface area (Å²) >= 11 is 9.24. The quantitative estimate of drug-likeness (QED) is 0.750. The molecule has 3 heterocycles. The van der Waals surface area contributed by atoms with Crippen molar-refractivity contribution in [1.29, 1.82) is 0 Å². The van der Waals surface area contributed by atoms with E-state index < -0.39 is 9.84 Å². The van der Waals surface area contributed by atoms with E-state index in [0.29, 0.717) is 25.3 Å². The number of alkyl halides is 1. The van der Waals surface area contributed by atoms with Crippen LogP contribution in [0.4, 0.5) is 0 Å². The first-order chi connectivity index (χ1) is 9.98. The fourth-order valence-corrected chi connectivity index (χ4v) is 5.11. The molecular weight excluding hydrogens is 378 g/mol. The maximum absolute atomic E-state index is 11.6. The molecule has 0 spiro atoms. The number of fused-ring (bicyclic) bond motifs is 1. The molecular formula is C13H15BrClN3O2S. The number of aromatic nitrogens is 3. The van der Waals surface area contributed by atoms with Crippen LogP contribution < -0.4 is 0 Å². The van der Waals surface area contributed by atoms with E-state index in [1.807, 2.05) is 10.6 Å². The maximum atomic E-state index is 11.6. The third-order valence-corrected chi connectivity index (χ3v) is 6.18. The van der Waals surface area contributed by atoms with Gasteiger partial charge >= 0.3 is 0 Å². The van der Waals surface area contributed by atoms with Gasteiger partial charge in [0.1, 0.15) is 11.3 Å². The summed E-state index contributed by atoms with van der Waals surface area (Å²) in [6.45, 7) is 0.636. The molecule has 1 unspecified atom stereocenters. The summed E-state index contributed by atoms with van der Waals surface area (Å²) in [5.74, 6) is 2.02. The summed E-state index contributed by atoms with van der Waals surface area (Å²) < 4.78 is 26.1. The summed E-state index contributed by atoms with van der Waals surface area (Å²) in [6.07, 6.45) is 3.09. The molecule has 1 saturated heterocycles. The molecule has 3 rings (SSSR count). The Hall–Kier alpha value is -0.660. The lowest BCUT2D eigenvalue weighted by Crippen LogP contribution is -2.15. The van der Waals surface area contributed by atoms with Crippen LogP contribution in [-0.4, -0.2) is 40.3 Å². The van der Waals surface area contributed by atoms with Crippen LogP contribution >= 0.6 is 27.5 Å². The van der Waals surface area contributed by atoms with Gasteiger partial charge in [-0.15, -0.1) is 11.6 Å². The zero-order chi connectivity index (χ0) is 15.0. The largest absolute Gasteiger partial charge is 0.312 e. The van der Waals surface area contributed by atoms with Crippen LogP contribution in [-0.2, 0) is 22.8 Å². The van der Waals surface area contributed by atoms with Crippen LogP contribution in [0.2, 0.25) is 0 Å². The van der Waals surface area contributed by atoms with Crippen molar-refractivity contribution in [3.05, 3.63) is 22.6 Å². The first-order valence-electron chi connectivity index (χ1n) is 6.75. The SMILES string of the molecule is O=S1(=O)CCC(Cn2c(CCCl)nc3cc(Br)cnc32)C1. The lowest BCUT2D eigenvalue weighted by Gasteiger charge is -2.12. The van der Waals surface area contributed by atoms with Crippen LogP contribution in [0.1, 0.15) is 12.2 Å².